The summed E-state index contributed by atoms with van der Waals surface area (Å²) < 4.78 is 2.22. The molecule has 3 heterocycles. The molecule has 0 amide bonds. The summed E-state index contributed by atoms with van der Waals surface area (Å²) in [5, 5.41) is 0. The van der Waals surface area contributed by atoms with Crippen LogP contribution in [0.1, 0.15) is 30.2 Å². The highest BCUT2D eigenvalue weighted by Gasteiger charge is 2.24. The second kappa shape index (κ2) is 7.18. The molecule has 0 aromatic carbocycles. The minimum Gasteiger partial charge on any atom is -0.345 e. The van der Waals surface area contributed by atoms with Crippen molar-refractivity contribution in [3.05, 3.63) is 45.4 Å². The molecule has 25 heavy (non-hydrogen) atoms. The Morgan fingerprint density at radius 3 is 2.72 bits per heavy atom. The van der Waals surface area contributed by atoms with Gasteiger partial charge in [-0.15, -0.1) is 0 Å². The molecule has 0 radical (unpaired) electrons. The van der Waals surface area contributed by atoms with E-state index in [1.807, 2.05) is 13.0 Å². The van der Waals surface area contributed by atoms with Gasteiger partial charge in [-0.3, -0.25) is 9.69 Å². The molecule has 1 saturated heterocycles. The molecular weight excluding hydrogens is 312 g/mol. The van der Waals surface area contributed by atoms with Gasteiger partial charge in [0, 0.05) is 44.0 Å². The zero-order valence-corrected chi connectivity index (χ0v) is 16.1. The molecule has 1 aliphatic rings. The van der Waals surface area contributed by atoms with Gasteiger partial charge in [0.1, 0.15) is 0 Å². The summed E-state index contributed by atoms with van der Waals surface area (Å²) in [4.78, 5) is 20.0. The van der Waals surface area contributed by atoms with E-state index in [-0.39, 0.29) is 5.56 Å². The number of hydrogen-bond acceptors (Lipinski definition) is 3. The Hall–Kier alpha value is -1.85. The van der Waals surface area contributed by atoms with Crippen molar-refractivity contribution in [2.75, 3.05) is 27.2 Å². The Labute approximate surface area is 150 Å². The van der Waals surface area contributed by atoms with Crippen LogP contribution in [0, 0.1) is 6.92 Å². The van der Waals surface area contributed by atoms with E-state index >= 15 is 0 Å². The second-order valence-corrected chi connectivity index (χ2v) is 7.45. The van der Waals surface area contributed by atoms with E-state index in [9.17, 15) is 4.79 Å². The molecule has 1 fully saturated rings. The van der Waals surface area contributed by atoms with E-state index in [0.29, 0.717) is 6.04 Å². The lowest BCUT2D eigenvalue weighted by Crippen LogP contribution is -2.31. The highest BCUT2D eigenvalue weighted by molar-refractivity contribution is 5.61. The molecule has 2 aromatic rings. The number of likely N-dealkylation sites (N-methyl/N-ethyl adjacent to an activating group) is 1. The van der Waals surface area contributed by atoms with Gasteiger partial charge in [-0.25, -0.2) is 0 Å². The SMILES string of the molecule is CCc1cc(C)c(=O)[nH]c1-c1ccc(CN2CCC(N(C)C)C2)n1C. The maximum atomic E-state index is 12.1. The molecule has 3 rings (SSSR count). The minimum absolute atomic E-state index is 0.00307. The van der Waals surface area contributed by atoms with Crippen molar-refractivity contribution in [3.63, 3.8) is 0 Å². The van der Waals surface area contributed by atoms with Crippen molar-refractivity contribution in [2.45, 2.75) is 39.3 Å². The number of pyridine rings is 1. The predicted molar refractivity (Wildman–Crippen MR) is 103 cm³/mol. The monoisotopic (exact) mass is 342 g/mol. The number of likely N-dealkylation sites (tertiary alicyclic amines) is 1. The molecule has 0 saturated carbocycles. The number of aromatic amines is 1. The number of hydrogen-bond donors (Lipinski definition) is 1. The van der Waals surface area contributed by atoms with E-state index in [0.717, 1.165) is 43.0 Å². The number of aromatic nitrogens is 2. The fourth-order valence-electron chi connectivity index (χ4n) is 3.77. The van der Waals surface area contributed by atoms with Gasteiger partial charge in [0.25, 0.3) is 5.56 Å². The zero-order chi connectivity index (χ0) is 18.1. The van der Waals surface area contributed by atoms with Gasteiger partial charge in [0.2, 0.25) is 0 Å². The summed E-state index contributed by atoms with van der Waals surface area (Å²) >= 11 is 0. The first-order valence-corrected chi connectivity index (χ1v) is 9.17. The normalized spacial score (nSPS) is 18.4. The second-order valence-electron chi connectivity index (χ2n) is 7.45. The first-order chi connectivity index (χ1) is 11.9. The van der Waals surface area contributed by atoms with E-state index in [1.165, 1.54) is 17.7 Å². The summed E-state index contributed by atoms with van der Waals surface area (Å²) in [5.41, 5.74) is 5.31. The molecule has 1 N–H and O–H groups in total. The lowest BCUT2D eigenvalue weighted by molar-refractivity contribution is 0.262. The van der Waals surface area contributed by atoms with Crippen LogP contribution in [-0.2, 0) is 20.0 Å². The van der Waals surface area contributed by atoms with Crippen LogP contribution in [0.3, 0.4) is 0 Å². The molecule has 0 aliphatic carbocycles. The lowest BCUT2D eigenvalue weighted by Gasteiger charge is -2.21. The Kier molecular flexibility index (Phi) is 5.16. The zero-order valence-electron chi connectivity index (χ0n) is 16.1. The fraction of sp³-hybridized carbons (Fsp3) is 0.550. The highest BCUT2D eigenvalue weighted by Crippen LogP contribution is 2.25. The molecular formula is C20H30N4O. The summed E-state index contributed by atoms with van der Waals surface area (Å²) in [6.45, 7) is 7.22. The van der Waals surface area contributed by atoms with Crippen LogP contribution in [-0.4, -0.2) is 52.6 Å². The van der Waals surface area contributed by atoms with Gasteiger partial charge < -0.3 is 14.5 Å². The number of rotatable bonds is 5. The quantitative estimate of drug-likeness (QED) is 0.907. The van der Waals surface area contributed by atoms with Crippen molar-refractivity contribution in [1.82, 2.24) is 19.4 Å². The van der Waals surface area contributed by atoms with E-state index in [1.54, 1.807) is 0 Å². The standard InChI is InChI=1S/C20H30N4O/c1-6-15-11-14(2)20(25)21-19(15)18-8-7-17(23(18)5)13-24-10-9-16(12-24)22(3)4/h7-8,11,16H,6,9-10,12-13H2,1-5H3,(H,21,25). The van der Waals surface area contributed by atoms with Gasteiger partial charge in [0.15, 0.2) is 0 Å². The van der Waals surface area contributed by atoms with Crippen LogP contribution in [0.2, 0.25) is 0 Å². The van der Waals surface area contributed by atoms with Gasteiger partial charge in [0.05, 0.1) is 11.4 Å². The van der Waals surface area contributed by atoms with Crippen molar-refractivity contribution in [2.24, 2.45) is 7.05 Å². The Morgan fingerprint density at radius 2 is 2.08 bits per heavy atom. The van der Waals surface area contributed by atoms with Crippen LogP contribution in [0.5, 0.6) is 0 Å². The molecule has 5 heteroatoms. The third-order valence-corrected chi connectivity index (χ3v) is 5.53. The topological polar surface area (TPSA) is 44.3 Å². The predicted octanol–water partition coefficient (Wildman–Crippen LogP) is 2.39. The van der Waals surface area contributed by atoms with Crippen molar-refractivity contribution in [3.8, 4) is 11.4 Å². The van der Waals surface area contributed by atoms with Gasteiger partial charge in [-0.1, -0.05) is 6.92 Å². The molecule has 136 valence electrons. The lowest BCUT2D eigenvalue weighted by atomic mass is 10.1. The van der Waals surface area contributed by atoms with Crippen molar-refractivity contribution < 1.29 is 0 Å². The first-order valence-electron chi connectivity index (χ1n) is 9.17. The fourth-order valence-corrected chi connectivity index (χ4v) is 3.77. The van der Waals surface area contributed by atoms with Crippen LogP contribution in [0.4, 0.5) is 0 Å². The van der Waals surface area contributed by atoms with Gasteiger partial charge in [-0.05, 0) is 57.6 Å². The van der Waals surface area contributed by atoms with Gasteiger partial charge >= 0.3 is 0 Å². The Bertz CT molecular complexity index is 803. The van der Waals surface area contributed by atoms with E-state index < -0.39 is 0 Å². The average molecular weight is 342 g/mol. The Morgan fingerprint density at radius 1 is 1.32 bits per heavy atom. The molecule has 1 atom stereocenters. The number of nitrogens with one attached hydrogen (secondary N) is 1. The molecule has 5 nitrogen and oxygen atoms in total. The Balaban J connectivity index is 1.85. The summed E-state index contributed by atoms with van der Waals surface area (Å²) in [7, 11) is 6.42. The third kappa shape index (κ3) is 3.58. The third-order valence-electron chi connectivity index (χ3n) is 5.53. The summed E-state index contributed by atoms with van der Waals surface area (Å²) in [6.07, 6.45) is 2.14. The molecule has 2 aromatic heterocycles. The molecule has 0 bridgehead atoms. The number of H-pyrrole nitrogens is 1. The van der Waals surface area contributed by atoms with Crippen LogP contribution in [0.15, 0.2) is 23.0 Å². The van der Waals surface area contributed by atoms with E-state index in [2.05, 4.69) is 59.6 Å². The number of nitrogens with zero attached hydrogens (tertiary/aromatic N) is 3. The summed E-state index contributed by atoms with van der Waals surface area (Å²) in [6, 6.07) is 6.99. The van der Waals surface area contributed by atoms with Crippen molar-refractivity contribution in [1.29, 1.82) is 0 Å². The van der Waals surface area contributed by atoms with Crippen LogP contribution in [0.25, 0.3) is 11.4 Å². The average Bonchev–Trinajstić information content (AvgIpc) is 3.18. The largest absolute Gasteiger partial charge is 0.345 e. The van der Waals surface area contributed by atoms with E-state index in [4.69, 9.17) is 0 Å². The van der Waals surface area contributed by atoms with Crippen LogP contribution >= 0.6 is 0 Å². The smallest absolute Gasteiger partial charge is 0.251 e. The van der Waals surface area contributed by atoms with Crippen LogP contribution < -0.4 is 5.56 Å². The minimum atomic E-state index is 0.00307. The highest BCUT2D eigenvalue weighted by atomic mass is 16.1. The maximum absolute atomic E-state index is 12.1. The molecule has 0 spiro atoms. The number of aryl methyl sites for hydroxylation is 2. The molecule has 1 aliphatic heterocycles. The molecule has 1 unspecified atom stereocenters. The first kappa shape index (κ1) is 18.0. The van der Waals surface area contributed by atoms with Gasteiger partial charge in [-0.2, -0.15) is 0 Å². The summed E-state index contributed by atoms with van der Waals surface area (Å²) in [5.74, 6) is 0. The van der Waals surface area contributed by atoms with Crippen molar-refractivity contribution >= 4 is 0 Å². The maximum Gasteiger partial charge on any atom is 0.251 e.